The van der Waals surface area contributed by atoms with Crippen molar-refractivity contribution in [2.24, 2.45) is 11.3 Å². The molecule has 1 unspecified atom stereocenters. The van der Waals surface area contributed by atoms with Gasteiger partial charge in [0.1, 0.15) is 0 Å². The summed E-state index contributed by atoms with van der Waals surface area (Å²) in [7, 11) is 0. The maximum Gasteiger partial charge on any atom is 0.0404 e. The molecule has 1 aliphatic rings. The first-order valence-electron chi connectivity index (χ1n) is 10.3. The molecule has 0 N–H and O–H groups in total. The average molecular weight is 366 g/mol. The highest BCUT2D eigenvalue weighted by molar-refractivity contribution is 5.27. The minimum Gasteiger partial charge on any atom is -0.345 e. The highest BCUT2D eigenvalue weighted by Crippen LogP contribution is 2.38. The smallest absolute Gasteiger partial charge is 0.0404 e. The van der Waals surface area contributed by atoms with Gasteiger partial charge in [0, 0.05) is 24.4 Å². The number of nitrogens with zero attached hydrogens (tertiary/aromatic N) is 1. The number of hydrogen-bond donors (Lipinski definition) is 0. The first kappa shape index (κ1) is 23.1. The SMILES string of the molecule is C#CC/C=C(/C)CCCN(C1=CCC(C(C)(C)C)CC1)C(/C=C\C)=C/C=C. The Balaban J connectivity index is 2.92. The summed E-state index contributed by atoms with van der Waals surface area (Å²) >= 11 is 0. The molecular formula is C26H39N. The molecule has 1 atom stereocenters. The van der Waals surface area contributed by atoms with E-state index in [-0.39, 0.29) is 0 Å². The van der Waals surface area contributed by atoms with Crippen molar-refractivity contribution in [3.8, 4) is 12.3 Å². The molecule has 0 fully saturated rings. The van der Waals surface area contributed by atoms with E-state index in [1.807, 2.05) is 6.08 Å². The molecule has 0 saturated carbocycles. The van der Waals surface area contributed by atoms with Crippen LogP contribution in [0.3, 0.4) is 0 Å². The van der Waals surface area contributed by atoms with Gasteiger partial charge in [-0.1, -0.05) is 57.2 Å². The molecule has 1 rings (SSSR count). The van der Waals surface area contributed by atoms with Crippen molar-refractivity contribution in [2.75, 3.05) is 6.54 Å². The van der Waals surface area contributed by atoms with Crippen LogP contribution in [0.15, 0.2) is 60.0 Å². The van der Waals surface area contributed by atoms with Crippen LogP contribution >= 0.6 is 0 Å². The second-order valence-corrected chi connectivity index (χ2v) is 8.57. The van der Waals surface area contributed by atoms with Gasteiger partial charge in [-0.05, 0) is 69.4 Å². The summed E-state index contributed by atoms with van der Waals surface area (Å²) in [5.41, 5.74) is 4.47. The lowest BCUT2D eigenvalue weighted by Gasteiger charge is -2.37. The highest BCUT2D eigenvalue weighted by atomic mass is 15.1. The van der Waals surface area contributed by atoms with Crippen LogP contribution in [-0.2, 0) is 0 Å². The van der Waals surface area contributed by atoms with Crippen LogP contribution in [0.25, 0.3) is 0 Å². The first-order chi connectivity index (χ1) is 12.8. The Bertz CT molecular complexity index is 628. The first-order valence-corrected chi connectivity index (χ1v) is 10.3. The number of allylic oxidation sites excluding steroid dienone is 8. The summed E-state index contributed by atoms with van der Waals surface area (Å²) < 4.78 is 0. The summed E-state index contributed by atoms with van der Waals surface area (Å²) in [6.45, 7) is 16.3. The van der Waals surface area contributed by atoms with Crippen molar-refractivity contribution in [1.82, 2.24) is 4.90 Å². The Kier molecular flexibility index (Phi) is 10.0. The van der Waals surface area contributed by atoms with Crippen molar-refractivity contribution in [2.45, 2.75) is 73.1 Å². The zero-order chi connectivity index (χ0) is 20.3. The minimum atomic E-state index is 0.384. The number of terminal acetylenes is 1. The summed E-state index contributed by atoms with van der Waals surface area (Å²) in [6, 6.07) is 0. The molecule has 0 saturated heterocycles. The maximum atomic E-state index is 5.36. The molecule has 0 spiro atoms. The largest absolute Gasteiger partial charge is 0.345 e. The van der Waals surface area contributed by atoms with Crippen LogP contribution in [0.4, 0.5) is 0 Å². The van der Waals surface area contributed by atoms with E-state index in [4.69, 9.17) is 6.42 Å². The molecule has 0 aromatic heterocycles. The van der Waals surface area contributed by atoms with E-state index in [1.54, 1.807) is 0 Å². The summed E-state index contributed by atoms with van der Waals surface area (Å²) in [5, 5.41) is 0. The topological polar surface area (TPSA) is 3.24 Å². The van der Waals surface area contributed by atoms with Gasteiger partial charge in [0.25, 0.3) is 0 Å². The Morgan fingerprint density at radius 3 is 2.67 bits per heavy atom. The van der Waals surface area contributed by atoms with Crippen LogP contribution in [0.5, 0.6) is 0 Å². The molecule has 0 amide bonds. The quantitative estimate of drug-likeness (QED) is 0.233. The third-order valence-electron chi connectivity index (χ3n) is 5.42. The fraction of sp³-hybridized carbons (Fsp3) is 0.538. The lowest BCUT2D eigenvalue weighted by Crippen LogP contribution is -2.28. The van der Waals surface area contributed by atoms with Gasteiger partial charge in [-0.2, -0.15) is 0 Å². The zero-order valence-corrected chi connectivity index (χ0v) is 18.2. The summed E-state index contributed by atoms with van der Waals surface area (Å²) in [5.74, 6) is 3.46. The molecule has 0 bridgehead atoms. The Hall–Kier alpha value is -1.94. The van der Waals surface area contributed by atoms with Crippen molar-refractivity contribution in [3.63, 3.8) is 0 Å². The summed E-state index contributed by atoms with van der Waals surface area (Å²) in [6.07, 6.45) is 24.9. The van der Waals surface area contributed by atoms with E-state index in [0.29, 0.717) is 5.41 Å². The monoisotopic (exact) mass is 365 g/mol. The molecule has 0 radical (unpaired) electrons. The van der Waals surface area contributed by atoms with E-state index in [1.165, 1.54) is 29.8 Å². The van der Waals surface area contributed by atoms with Gasteiger partial charge in [0.2, 0.25) is 0 Å². The van der Waals surface area contributed by atoms with E-state index in [9.17, 15) is 0 Å². The Labute approximate surface area is 168 Å². The van der Waals surface area contributed by atoms with E-state index < -0.39 is 0 Å². The van der Waals surface area contributed by atoms with Crippen LogP contribution < -0.4 is 0 Å². The third-order valence-corrected chi connectivity index (χ3v) is 5.42. The van der Waals surface area contributed by atoms with Crippen LogP contribution in [0.1, 0.15) is 73.1 Å². The lowest BCUT2D eigenvalue weighted by atomic mass is 9.74. The molecule has 27 heavy (non-hydrogen) atoms. The lowest BCUT2D eigenvalue weighted by molar-refractivity contribution is 0.211. The maximum absolute atomic E-state index is 5.36. The second kappa shape index (κ2) is 11.7. The van der Waals surface area contributed by atoms with Crippen LogP contribution in [0.2, 0.25) is 0 Å². The predicted molar refractivity (Wildman–Crippen MR) is 121 cm³/mol. The standard InChI is InChI=1S/C26H39N/c1-8-11-15-22(4)16-12-21-27(24(13-9-2)14-10-3)25-19-17-23(18-20-25)26(5,6)7/h1,9-10,13-15,19,23H,2,11-12,16-18,20-21H2,3-7H3/b14-10-,22-15-,24-13+. The highest BCUT2D eigenvalue weighted by Gasteiger charge is 2.27. The fourth-order valence-corrected chi connectivity index (χ4v) is 3.67. The van der Waals surface area contributed by atoms with Gasteiger partial charge < -0.3 is 4.90 Å². The van der Waals surface area contributed by atoms with E-state index >= 15 is 0 Å². The fourth-order valence-electron chi connectivity index (χ4n) is 3.67. The van der Waals surface area contributed by atoms with E-state index in [0.717, 1.165) is 38.1 Å². The second-order valence-electron chi connectivity index (χ2n) is 8.57. The van der Waals surface area contributed by atoms with Gasteiger partial charge >= 0.3 is 0 Å². The third kappa shape index (κ3) is 8.08. The Morgan fingerprint density at radius 2 is 2.15 bits per heavy atom. The van der Waals surface area contributed by atoms with Gasteiger partial charge in [-0.25, -0.2) is 0 Å². The summed E-state index contributed by atoms with van der Waals surface area (Å²) in [4.78, 5) is 2.50. The molecular weight excluding hydrogens is 326 g/mol. The normalized spacial score (nSPS) is 19.0. The van der Waals surface area contributed by atoms with Gasteiger partial charge in [0.05, 0.1) is 0 Å². The average Bonchev–Trinajstić information content (AvgIpc) is 2.63. The number of rotatable bonds is 9. The predicted octanol–water partition coefficient (Wildman–Crippen LogP) is 7.41. The van der Waals surface area contributed by atoms with Gasteiger partial charge in [-0.15, -0.1) is 12.3 Å². The van der Waals surface area contributed by atoms with Crippen molar-refractivity contribution < 1.29 is 0 Å². The zero-order valence-electron chi connectivity index (χ0n) is 18.2. The van der Waals surface area contributed by atoms with Crippen molar-refractivity contribution in [3.05, 3.63) is 60.0 Å². The molecule has 0 aromatic carbocycles. The molecule has 1 aliphatic carbocycles. The molecule has 0 aromatic rings. The molecule has 0 aliphatic heterocycles. The number of hydrogen-bond acceptors (Lipinski definition) is 1. The Morgan fingerprint density at radius 1 is 1.41 bits per heavy atom. The molecule has 148 valence electrons. The van der Waals surface area contributed by atoms with Crippen LogP contribution in [-0.4, -0.2) is 11.4 Å². The van der Waals surface area contributed by atoms with Gasteiger partial charge in [0.15, 0.2) is 0 Å². The minimum absolute atomic E-state index is 0.384. The van der Waals surface area contributed by atoms with Crippen molar-refractivity contribution in [1.29, 1.82) is 0 Å². The van der Waals surface area contributed by atoms with Gasteiger partial charge in [-0.3, -0.25) is 0 Å². The molecule has 0 heterocycles. The molecule has 1 heteroatoms. The van der Waals surface area contributed by atoms with Crippen LogP contribution in [0, 0.1) is 23.7 Å². The molecule has 1 nitrogen and oxygen atoms in total. The van der Waals surface area contributed by atoms with E-state index in [2.05, 4.69) is 82.4 Å². The van der Waals surface area contributed by atoms with Crippen molar-refractivity contribution >= 4 is 0 Å².